The van der Waals surface area contributed by atoms with Crippen LogP contribution in [0.4, 0.5) is 17.6 Å². The van der Waals surface area contributed by atoms with Crippen molar-refractivity contribution in [2.75, 3.05) is 11.9 Å². The smallest absolute Gasteiger partial charge is 0.351 e. The molecule has 0 aliphatic carbocycles. The highest BCUT2D eigenvalue weighted by Gasteiger charge is 2.32. The number of nitrogens with one attached hydrogen (secondary N) is 1. The Bertz CT molecular complexity index is 514. The zero-order chi connectivity index (χ0) is 16.3. The first-order valence-electron chi connectivity index (χ1n) is 6.28. The van der Waals surface area contributed by atoms with Gasteiger partial charge in [0.2, 0.25) is 0 Å². The maximum absolute atomic E-state index is 13.5. The molecule has 0 atom stereocenters. The molecule has 0 aromatic heterocycles. The first kappa shape index (κ1) is 17.9. The van der Waals surface area contributed by atoms with E-state index in [2.05, 4.69) is 21.2 Å². The van der Waals surface area contributed by atoms with E-state index in [-0.39, 0.29) is 12.0 Å². The van der Waals surface area contributed by atoms with Crippen molar-refractivity contribution in [2.45, 2.75) is 26.4 Å². The minimum absolute atomic E-state index is 0.239. The van der Waals surface area contributed by atoms with Gasteiger partial charge >= 0.3 is 6.18 Å². The van der Waals surface area contributed by atoms with E-state index >= 15 is 0 Å². The number of benzene rings is 1. The van der Waals surface area contributed by atoms with Gasteiger partial charge in [0.15, 0.2) is 0 Å². The fourth-order valence-electron chi connectivity index (χ4n) is 1.63. The number of alkyl halides is 4. The van der Waals surface area contributed by atoms with Crippen molar-refractivity contribution in [2.24, 2.45) is 5.41 Å². The van der Waals surface area contributed by atoms with Crippen LogP contribution in [-0.4, -0.2) is 17.8 Å². The molecule has 0 spiro atoms. The van der Waals surface area contributed by atoms with Gasteiger partial charge in [-0.1, -0.05) is 29.8 Å². The Morgan fingerprint density at radius 3 is 2.43 bits per heavy atom. The second-order valence-electron chi connectivity index (χ2n) is 5.48. The fraction of sp³-hybridized carbons (Fsp3) is 0.500. The number of carbonyl (C=O) groups excluding carboxylic acids is 1. The van der Waals surface area contributed by atoms with Crippen LogP contribution in [0.3, 0.4) is 0 Å². The van der Waals surface area contributed by atoms with E-state index in [0.717, 1.165) is 11.8 Å². The van der Waals surface area contributed by atoms with Gasteiger partial charge < -0.3 is 5.32 Å². The number of halogens is 5. The van der Waals surface area contributed by atoms with Gasteiger partial charge in [0.1, 0.15) is 5.82 Å². The van der Waals surface area contributed by atoms with E-state index in [1.807, 2.05) is 13.8 Å². The van der Waals surface area contributed by atoms with Crippen molar-refractivity contribution in [3.63, 3.8) is 0 Å². The molecular weight excluding hydrogens is 354 g/mol. The van der Waals surface area contributed by atoms with Crippen LogP contribution in [0.2, 0.25) is 0 Å². The SMILES string of the molecule is CC(C)(CCBr)CNC(=O)c1cc(C(F)(F)F)ccc1F. The second kappa shape index (κ2) is 6.77. The fourth-order valence-corrected chi connectivity index (χ4v) is 2.71. The molecule has 0 aliphatic heterocycles. The Balaban J connectivity index is 2.88. The molecule has 1 aromatic rings. The molecule has 2 nitrogen and oxygen atoms in total. The normalized spacial score (nSPS) is 12.3. The Morgan fingerprint density at radius 2 is 1.90 bits per heavy atom. The molecule has 1 aromatic carbocycles. The van der Waals surface area contributed by atoms with E-state index < -0.39 is 29.0 Å². The van der Waals surface area contributed by atoms with Crippen LogP contribution in [-0.2, 0) is 6.18 Å². The maximum Gasteiger partial charge on any atom is 0.416 e. The van der Waals surface area contributed by atoms with Crippen molar-refractivity contribution in [1.82, 2.24) is 5.32 Å². The monoisotopic (exact) mass is 369 g/mol. The van der Waals surface area contributed by atoms with Crippen LogP contribution < -0.4 is 5.32 Å². The summed E-state index contributed by atoms with van der Waals surface area (Å²) >= 11 is 3.28. The number of carbonyl (C=O) groups is 1. The first-order valence-corrected chi connectivity index (χ1v) is 7.40. The zero-order valence-electron chi connectivity index (χ0n) is 11.7. The summed E-state index contributed by atoms with van der Waals surface area (Å²) in [4.78, 5) is 11.9. The van der Waals surface area contributed by atoms with Gasteiger partial charge in [-0.2, -0.15) is 13.2 Å². The van der Waals surface area contributed by atoms with Gasteiger partial charge in [-0.15, -0.1) is 0 Å². The van der Waals surface area contributed by atoms with Crippen LogP contribution in [0.15, 0.2) is 18.2 Å². The highest BCUT2D eigenvalue weighted by atomic mass is 79.9. The summed E-state index contributed by atoms with van der Waals surface area (Å²) in [6.07, 6.45) is -3.85. The van der Waals surface area contributed by atoms with E-state index in [1.54, 1.807) is 0 Å². The minimum Gasteiger partial charge on any atom is -0.351 e. The molecule has 0 unspecified atom stereocenters. The summed E-state index contributed by atoms with van der Waals surface area (Å²) in [6, 6.07) is 1.80. The molecule has 0 bridgehead atoms. The Labute approximate surface area is 129 Å². The first-order chi connectivity index (χ1) is 9.57. The maximum atomic E-state index is 13.5. The highest BCUT2D eigenvalue weighted by Crippen LogP contribution is 2.30. The molecule has 0 radical (unpaired) electrons. The number of hydrogen-bond acceptors (Lipinski definition) is 1. The lowest BCUT2D eigenvalue weighted by Gasteiger charge is -2.24. The summed E-state index contributed by atoms with van der Waals surface area (Å²) in [6.45, 7) is 4.04. The molecule has 1 amide bonds. The van der Waals surface area contributed by atoms with E-state index in [0.29, 0.717) is 18.2 Å². The average Bonchev–Trinajstić information content (AvgIpc) is 2.35. The van der Waals surface area contributed by atoms with Crippen LogP contribution in [0.5, 0.6) is 0 Å². The highest BCUT2D eigenvalue weighted by molar-refractivity contribution is 9.09. The molecule has 118 valence electrons. The summed E-state index contributed by atoms with van der Waals surface area (Å²) < 4.78 is 51.3. The molecule has 0 saturated carbocycles. The van der Waals surface area contributed by atoms with Crippen molar-refractivity contribution in [3.8, 4) is 0 Å². The molecule has 0 aliphatic rings. The van der Waals surface area contributed by atoms with Gasteiger partial charge in [0.25, 0.3) is 5.91 Å². The molecule has 0 fully saturated rings. The molecule has 0 saturated heterocycles. The van der Waals surface area contributed by atoms with Gasteiger partial charge in [0, 0.05) is 11.9 Å². The summed E-state index contributed by atoms with van der Waals surface area (Å²) in [7, 11) is 0. The lowest BCUT2D eigenvalue weighted by molar-refractivity contribution is -0.137. The van der Waals surface area contributed by atoms with Crippen LogP contribution in [0.1, 0.15) is 36.2 Å². The van der Waals surface area contributed by atoms with E-state index in [1.165, 1.54) is 0 Å². The van der Waals surface area contributed by atoms with Crippen molar-refractivity contribution in [3.05, 3.63) is 35.1 Å². The third kappa shape index (κ3) is 5.30. The van der Waals surface area contributed by atoms with Gasteiger partial charge in [-0.3, -0.25) is 4.79 Å². The summed E-state index contributed by atoms with van der Waals surface area (Å²) in [5.41, 5.74) is -1.88. The summed E-state index contributed by atoms with van der Waals surface area (Å²) in [5.74, 6) is -1.82. The van der Waals surface area contributed by atoms with E-state index in [4.69, 9.17) is 0 Å². The topological polar surface area (TPSA) is 29.1 Å². The number of rotatable bonds is 5. The van der Waals surface area contributed by atoms with Crippen LogP contribution in [0.25, 0.3) is 0 Å². The Hall–Kier alpha value is -1.11. The lowest BCUT2D eigenvalue weighted by atomic mass is 9.90. The average molecular weight is 370 g/mol. The standard InChI is InChI=1S/C14H16BrF4NO/c1-13(2,5-6-15)8-20-12(21)10-7-9(14(17,18)19)3-4-11(10)16/h3-4,7H,5-6,8H2,1-2H3,(H,20,21). The van der Waals surface area contributed by atoms with Crippen LogP contribution >= 0.6 is 15.9 Å². The molecule has 1 N–H and O–H groups in total. The van der Waals surface area contributed by atoms with Crippen molar-refractivity contribution >= 4 is 21.8 Å². The number of amides is 1. The van der Waals surface area contributed by atoms with Crippen molar-refractivity contribution in [1.29, 1.82) is 0 Å². The lowest BCUT2D eigenvalue weighted by Crippen LogP contribution is -2.34. The molecule has 7 heteroatoms. The van der Waals surface area contributed by atoms with Crippen molar-refractivity contribution < 1.29 is 22.4 Å². The third-order valence-corrected chi connectivity index (χ3v) is 3.43. The predicted molar refractivity (Wildman–Crippen MR) is 75.9 cm³/mol. The van der Waals surface area contributed by atoms with E-state index in [9.17, 15) is 22.4 Å². The summed E-state index contributed by atoms with van der Waals surface area (Å²) in [5, 5.41) is 3.21. The zero-order valence-corrected chi connectivity index (χ0v) is 13.2. The minimum atomic E-state index is -4.61. The quantitative estimate of drug-likeness (QED) is 0.605. The molecule has 21 heavy (non-hydrogen) atoms. The predicted octanol–water partition coefficient (Wildman–Crippen LogP) is 4.39. The third-order valence-electron chi connectivity index (χ3n) is 3.04. The second-order valence-corrected chi connectivity index (χ2v) is 6.27. The van der Waals surface area contributed by atoms with Gasteiger partial charge in [-0.25, -0.2) is 4.39 Å². The largest absolute Gasteiger partial charge is 0.416 e. The molecule has 0 heterocycles. The Morgan fingerprint density at radius 1 is 1.29 bits per heavy atom. The van der Waals surface area contributed by atoms with Gasteiger partial charge in [-0.05, 0) is 30.0 Å². The molecule has 1 rings (SSSR count). The number of hydrogen-bond donors (Lipinski definition) is 1. The molecular formula is C14H16BrF4NO. The Kier molecular flexibility index (Phi) is 5.78. The van der Waals surface area contributed by atoms with Gasteiger partial charge in [0.05, 0.1) is 11.1 Å². The van der Waals surface area contributed by atoms with Crippen LogP contribution in [0, 0.1) is 11.2 Å².